The Hall–Kier alpha value is -1.37. The van der Waals surface area contributed by atoms with Crippen LogP contribution in [0.2, 0.25) is 0 Å². The summed E-state index contributed by atoms with van der Waals surface area (Å²) in [5.41, 5.74) is 7.97. The maximum absolute atomic E-state index is 9.06. The first-order chi connectivity index (χ1) is 9.30. The number of rotatable bonds is 4. The van der Waals surface area contributed by atoms with Crippen molar-refractivity contribution in [2.24, 2.45) is 11.7 Å². The van der Waals surface area contributed by atoms with E-state index in [-0.39, 0.29) is 0 Å². The van der Waals surface area contributed by atoms with Gasteiger partial charge in [-0.3, -0.25) is 4.90 Å². The molecule has 1 aliphatic rings. The Kier molecular flexibility index (Phi) is 4.95. The smallest absolute Gasteiger partial charge is 0.0991 e. The van der Waals surface area contributed by atoms with Crippen LogP contribution in [0.1, 0.15) is 43.4 Å². The monoisotopic (exact) mass is 257 g/mol. The van der Waals surface area contributed by atoms with Crippen molar-refractivity contribution in [2.45, 2.75) is 32.2 Å². The summed E-state index contributed by atoms with van der Waals surface area (Å²) in [4.78, 5) is 2.54. The van der Waals surface area contributed by atoms with Crippen molar-refractivity contribution in [2.75, 3.05) is 19.6 Å². The number of nitrogens with zero attached hydrogens (tertiary/aromatic N) is 2. The van der Waals surface area contributed by atoms with Gasteiger partial charge in [-0.25, -0.2) is 0 Å². The SMILES string of the molecule is CCCN1CCCC(CN)C1c1cccc(C#N)c1. The molecule has 1 fully saturated rings. The first-order valence-electron chi connectivity index (χ1n) is 7.24. The van der Waals surface area contributed by atoms with Crippen molar-refractivity contribution >= 4 is 0 Å². The third kappa shape index (κ3) is 3.15. The van der Waals surface area contributed by atoms with Gasteiger partial charge in [-0.2, -0.15) is 5.26 Å². The van der Waals surface area contributed by atoms with Gasteiger partial charge in [0, 0.05) is 6.04 Å². The molecule has 2 unspecified atom stereocenters. The molecule has 1 aliphatic heterocycles. The molecular formula is C16H23N3. The van der Waals surface area contributed by atoms with Gasteiger partial charge in [-0.1, -0.05) is 19.1 Å². The van der Waals surface area contributed by atoms with E-state index in [0.29, 0.717) is 12.0 Å². The van der Waals surface area contributed by atoms with Crippen LogP contribution in [0.25, 0.3) is 0 Å². The molecular weight excluding hydrogens is 234 g/mol. The van der Waals surface area contributed by atoms with Crippen molar-refractivity contribution in [3.8, 4) is 6.07 Å². The molecule has 1 aromatic carbocycles. The summed E-state index contributed by atoms with van der Waals surface area (Å²) in [7, 11) is 0. The second kappa shape index (κ2) is 6.70. The fourth-order valence-electron chi connectivity index (χ4n) is 3.21. The predicted octanol–water partition coefficient (Wildman–Crippen LogP) is 2.68. The zero-order valence-electron chi connectivity index (χ0n) is 11.7. The number of hydrogen-bond donors (Lipinski definition) is 1. The predicted molar refractivity (Wildman–Crippen MR) is 77.5 cm³/mol. The van der Waals surface area contributed by atoms with E-state index < -0.39 is 0 Å². The second-order valence-electron chi connectivity index (χ2n) is 5.36. The van der Waals surface area contributed by atoms with Crippen LogP contribution in [0, 0.1) is 17.2 Å². The molecule has 0 aliphatic carbocycles. The average Bonchev–Trinajstić information content (AvgIpc) is 2.47. The van der Waals surface area contributed by atoms with E-state index in [2.05, 4.69) is 24.0 Å². The fourth-order valence-corrected chi connectivity index (χ4v) is 3.21. The molecule has 3 nitrogen and oxygen atoms in total. The van der Waals surface area contributed by atoms with Gasteiger partial charge in [0.2, 0.25) is 0 Å². The van der Waals surface area contributed by atoms with Gasteiger partial charge in [-0.05, 0) is 62.5 Å². The molecule has 102 valence electrons. The van der Waals surface area contributed by atoms with E-state index in [4.69, 9.17) is 11.0 Å². The second-order valence-corrected chi connectivity index (χ2v) is 5.36. The molecule has 19 heavy (non-hydrogen) atoms. The normalized spacial score (nSPS) is 24.1. The summed E-state index contributed by atoms with van der Waals surface area (Å²) in [6, 6.07) is 10.6. The first kappa shape index (κ1) is 14.0. The van der Waals surface area contributed by atoms with Crippen LogP contribution in [0.3, 0.4) is 0 Å². The minimum atomic E-state index is 0.381. The van der Waals surface area contributed by atoms with E-state index >= 15 is 0 Å². The quantitative estimate of drug-likeness (QED) is 0.902. The average molecular weight is 257 g/mol. The number of hydrogen-bond acceptors (Lipinski definition) is 3. The molecule has 2 atom stereocenters. The Morgan fingerprint density at radius 3 is 3.00 bits per heavy atom. The zero-order chi connectivity index (χ0) is 13.7. The maximum atomic E-state index is 9.06. The van der Waals surface area contributed by atoms with E-state index in [1.54, 1.807) is 0 Å². The van der Waals surface area contributed by atoms with E-state index in [0.717, 1.165) is 31.6 Å². The van der Waals surface area contributed by atoms with Crippen LogP contribution < -0.4 is 5.73 Å². The molecule has 0 bridgehead atoms. The van der Waals surface area contributed by atoms with Crippen LogP contribution in [0.15, 0.2) is 24.3 Å². The molecule has 3 heteroatoms. The Morgan fingerprint density at radius 1 is 1.47 bits per heavy atom. The highest BCUT2D eigenvalue weighted by Gasteiger charge is 2.31. The van der Waals surface area contributed by atoms with Gasteiger partial charge in [0.25, 0.3) is 0 Å². The lowest BCUT2D eigenvalue weighted by Crippen LogP contribution is -2.41. The Labute approximate surface area is 116 Å². The molecule has 1 aromatic rings. The van der Waals surface area contributed by atoms with Crippen LogP contribution in [0.4, 0.5) is 0 Å². The first-order valence-corrected chi connectivity index (χ1v) is 7.24. The van der Waals surface area contributed by atoms with Gasteiger partial charge in [-0.15, -0.1) is 0 Å². The van der Waals surface area contributed by atoms with Crippen LogP contribution in [-0.4, -0.2) is 24.5 Å². The highest BCUT2D eigenvalue weighted by molar-refractivity contribution is 5.34. The van der Waals surface area contributed by atoms with E-state index in [1.165, 1.54) is 18.4 Å². The van der Waals surface area contributed by atoms with Gasteiger partial charge in [0.05, 0.1) is 11.6 Å². The van der Waals surface area contributed by atoms with Crippen LogP contribution in [-0.2, 0) is 0 Å². The van der Waals surface area contributed by atoms with Gasteiger partial charge >= 0.3 is 0 Å². The maximum Gasteiger partial charge on any atom is 0.0991 e. The van der Waals surface area contributed by atoms with E-state index in [9.17, 15) is 0 Å². The number of nitriles is 1. The highest BCUT2D eigenvalue weighted by Crippen LogP contribution is 2.35. The van der Waals surface area contributed by atoms with Crippen LogP contribution >= 0.6 is 0 Å². The summed E-state index contributed by atoms with van der Waals surface area (Å²) in [6.07, 6.45) is 3.58. The molecule has 1 saturated heterocycles. The van der Waals surface area contributed by atoms with Gasteiger partial charge in [0.1, 0.15) is 0 Å². The van der Waals surface area contributed by atoms with E-state index in [1.807, 2.05) is 18.2 Å². The van der Waals surface area contributed by atoms with Crippen molar-refractivity contribution in [1.29, 1.82) is 5.26 Å². The standard InChI is InChI=1S/C16H23N3/c1-2-8-19-9-4-7-15(12-18)16(19)14-6-3-5-13(10-14)11-17/h3,5-6,10,15-16H,2,4,7-9,12,18H2,1H3. The van der Waals surface area contributed by atoms with Crippen molar-refractivity contribution in [1.82, 2.24) is 4.90 Å². The lowest BCUT2D eigenvalue weighted by Gasteiger charge is -2.41. The Morgan fingerprint density at radius 2 is 2.32 bits per heavy atom. The molecule has 1 heterocycles. The minimum absolute atomic E-state index is 0.381. The number of nitrogens with two attached hydrogens (primary N) is 1. The van der Waals surface area contributed by atoms with Crippen molar-refractivity contribution in [3.05, 3.63) is 35.4 Å². The van der Waals surface area contributed by atoms with Gasteiger partial charge in [0.15, 0.2) is 0 Å². The molecule has 0 radical (unpaired) electrons. The molecule has 2 rings (SSSR count). The summed E-state index contributed by atoms with van der Waals surface area (Å²) < 4.78 is 0. The topological polar surface area (TPSA) is 53.0 Å². The third-order valence-electron chi connectivity index (χ3n) is 4.03. The van der Waals surface area contributed by atoms with Gasteiger partial charge < -0.3 is 5.73 Å². The third-order valence-corrected chi connectivity index (χ3v) is 4.03. The molecule has 0 saturated carbocycles. The number of piperidine rings is 1. The van der Waals surface area contributed by atoms with Crippen molar-refractivity contribution in [3.63, 3.8) is 0 Å². The number of likely N-dealkylation sites (tertiary alicyclic amines) is 1. The molecule has 0 aromatic heterocycles. The fraction of sp³-hybridized carbons (Fsp3) is 0.562. The highest BCUT2D eigenvalue weighted by atomic mass is 15.2. The Balaban J connectivity index is 2.31. The number of benzene rings is 1. The summed E-state index contributed by atoms with van der Waals surface area (Å²) in [5, 5.41) is 9.06. The van der Waals surface area contributed by atoms with Crippen molar-refractivity contribution < 1.29 is 0 Å². The summed E-state index contributed by atoms with van der Waals surface area (Å²) >= 11 is 0. The Bertz CT molecular complexity index is 448. The molecule has 0 amide bonds. The van der Waals surface area contributed by atoms with Crippen LogP contribution in [0.5, 0.6) is 0 Å². The lowest BCUT2D eigenvalue weighted by atomic mass is 9.84. The summed E-state index contributed by atoms with van der Waals surface area (Å²) in [6.45, 7) is 5.19. The summed E-state index contributed by atoms with van der Waals surface area (Å²) in [5.74, 6) is 0.509. The zero-order valence-corrected chi connectivity index (χ0v) is 11.7. The minimum Gasteiger partial charge on any atom is -0.330 e. The lowest BCUT2D eigenvalue weighted by molar-refractivity contribution is 0.0960. The molecule has 2 N–H and O–H groups in total. The largest absolute Gasteiger partial charge is 0.330 e. The molecule has 0 spiro atoms.